The third-order valence-corrected chi connectivity index (χ3v) is 6.76. The number of fused-ring (bicyclic) bond motifs is 4. The summed E-state index contributed by atoms with van der Waals surface area (Å²) in [6.07, 6.45) is 0. The highest BCUT2D eigenvalue weighted by molar-refractivity contribution is 9.10. The molecule has 0 saturated carbocycles. The zero-order valence-corrected chi connectivity index (χ0v) is 20.4. The summed E-state index contributed by atoms with van der Waals surface area (Å²) >= 11 is 3.45. The first-order chi connectivity index (χ1) is 16.9. The normalized spacial score (nSPS) is 13.7. The number of aryl methyl sites for hydroxylation is 1. The Balaban J connectivity index is 1.47. The van der Waals surface area contributed by atoms with E-state index in [4.69, 9.17) is 13.6 Å². The summed E-state index contributed by atoms with van der Waals surface area (Å²) in [6.45, 7) is 3.74. The van der Waals surface area contributed by atoms with Crippen LogP contribution in [-0.4, -0.2) is 11.6 Å². The van der Waals surface area contributed by atoms with Crippen LogP contribution in [0.3, 0.4) is 0 Å². The van der Waals surface area contributed by atoms with Crippen molar-refractivity contribution in [3.8, 4) is 16.9 Å². The van der Waals surface area contributed by atoms with Crippen LogP contribution in [0.1, 0.15) is 16.7 Å². The van der Waals surface area contributed by atoms with Crippen LogP contribution in [0.5, 0.6) is 5.75 Å². The number of halogens is 1. The maximum atomic E-state index is 12.9. The maximum Gasteiger partial charge on any atom is 0.344 e. The van der Waals surface area contributed by atoms with E-state index in [2.05, 4.69) is 52.0 Å². The van der Waals surface area contributed by atoms with Crippen LogP contribution < -0.4 is 16.0 Å². The minimum absolute atomic E-state index is 0.307. The van der Waals surface area contributed by atoms with Crippen molar-refractivity contribution in [1.82, 2.24) is 4.90 Å². The molecule has 0 bridgehead atoms. The van der Waals surface area contributed by atoms with Gasteiger partial charge in [-0.2, -0.15) is 0 Å². The largest absolute Gasteiger partial charge is 0.478 e. The van der Waals surface area contributed by atoms with Gasteiger partial charge < -0.3 is 13.6 Å². The second kappa shape index (κ2) is 8.52. The Morgan fingerprint density at radius 3 is 2.57 bits per heavy atom. The molecule has 0 spiro atoms. The fourth-order valence-electron chi connectivity index (χ4n) is 4.54. The summed E-state index contributed by atoms with van der Waals surface area (Å²) in [7, 11) is 0. The quantitative estimate of drug-likeness (QED) is 0.267. The molecular formula is C28H20BrNO5. The Morgan fingerprint density at radius 2 is 1.74 bits per heavy atom. The van der Waals surface area contributed by atoms with Gasteiger partial charge in [-0.05, 0) is 48.9 Å². The van der Waals surface area contributed by atoms with Crippen LogP contribution in [0, 0.1) is 6.92 Å². The van der Waals surface area contributed by atoms with Crippen LogP contribution in [0.4, 0.5) is 0 Å². The zero-order chi connectivity index (χ0) is 24.1. The molecule has 0 unspecified atom stereocenters. The van der Waals surface area contributed by atoms with Gasteiger partial charge >= 0.3 is 11.3 Å². The van der Waals surface area contributed by atoms with E-state index in [1.165, 1.54) is 17.2 Å². The van der Waals surface area contributed by atoms with Crippen molar-refractivity contribution in [1.29, 1.82) is 0 Å². The SMILES string of the molecule is Cc1ccc(CN2COc3ccc4c(-c5cc6cc(Br)ccc6oc5=O)cc(=O)oc4c3C2)cc1. The maximum absolute atomic E-state index is 12.9. The minimum Gasteiger partial charge on any atom is -0.478 e. The van der Waals surface area contributed by atoms with Crippen LogP contribution in [0.2, 0.25) is 0 Å². The second-order valence-electron chi connectivity index (χ2n) is 8.77. The Hall–Kier alpha value is -3.68. The summed E-state index contributed by atoms with van der Waals surface area (Å²) in [5.41, 5.74) is 3.80. The van der Waals surface area contributed by atoms with E-state index in [0.29, 0.717) is 53.2 Å². The highest BCUT2D eigenvalue weighted by Gasteiger charge is 2.24. The number of hydrogen-bond donors (Lipinski definition) is 0. The smallest absolute Gasteiger partial charge is 0.344 e. The predicted octanol–water partition coefficient (Wildman–Crippen LogP) is 5.99. The average molecular weight is 530 g/mol. The summed E-state index contributed by atoms with van der Waals surface area (Å²) < 4.78 is 18.1. The van der Waals surface area contributed by atoms with Gasteiger partial charge in [0.05, 0.1) is 11.1 Å². The van der Waals surface area contributed by atoms with E-state index in [1.807, 2.05) is 24.3 Å². The fourth-order valence-corrected chi connectivity index (χ4v) is 4.92. The van der Waals surface area contributed by atoms with Gasteiger partial charge in [-0.3, -0.25) is 4.90 Å². The molecule has 1 aliphatic rings. The molecule has 0 N–H and O–H groups in total. The molecule has 5 aromatic rings. The highest BCUT2D eigenvalue weighted by Crippen LogP contribution is 2.36. The van der Waals surface area contributed by atoms with Crippen molar-refractivity contribution in [3.05, 3.63) is 109 Å². The van der Waals surface area contributed by atoms with Crippen LogP contribution >= 0.6 is 15.9 Å². The number of ether oxygens (including phenoxy) is 1. The van der Waals surface area contributed by atoms with Crippen LogP contribution in [0.15, 0.2) is 89.6 Å². The molecule has 6 nitrogen and oxygen atoms in total. The van der Waals surface area contributed by atoms with E-state index >= 15 is 0 Å². The van der Waals surface area contributed by atoms with E-state index in [0.717, 1.165) is 15.4 Å². The van der Waals surface area contributed by atoms with Crippen molar-refractivity contribution < 1.29 is 13.6 Å². The van der Waals surface area contributed by atoms with Gasteiger partial charge in [-0.1, -0.05) is 45.8 Å². The highest BCUT2D eigenvalue weighted by atomic mass is 79.9. The first-order valence-corrected chi connectivity index (χ1v) is 12.0. The van der Waals surface area contributed by atoms with Crippen molar-refractivity contribution >= 4 is 37.9 Å². The number of nitrogens with zero attached hydrogens (tertiary/aromatic N) is 1. The van der Waals surface area contributed by atoms with Crippen molar-refractivity contribution in [2.24, 2.45) is 0 Å². The standard InChI is InChI=1S/C28H20BrNO5/c1-16-2-4-17(5-3-16)13-30-14-23-25(33-15-30)9-7-20-21(12-26(31)35-27(20)23)22-11-18-10-19(29)6-8-24(18)34-28(22)32/h2-12H,13-15H2,1H3. The molecule has 0 aliphatic carbocycles. The molecule has 2 aromatic heterocycles. The van der Waals surface area contributed by atoms with Crippen molar-refractivity contribution in [2.75, 3.05) is 6.73 Å². The Kier molecular flexibility index (Phi) is 5.31. The first kappa shape index (κ1) is 21.8. The predicted molar refractivity (Wildman–Crippen MR) is 138 cm³/mol. The van der Waals surface area contributed by atoms with Crippen LogP contribution in [0.25, 0.3) is 33.1 Å². The first-order valence-electron chi connectivity index (χ1n) is 11.2. The van der Waals surface area contributed by atoms with Gasteiger partial charge in [0.2, 0.25) is 0 Å². The molecule has 0 atom stereocenters. The Labute approximate surface area is 208 Å². The summed E-state index contributed by atoms with van der Waals surface area (Å²) in [6, 6.07) is 20.6. The average Bonchev–Trinajstić information content (AvgIpc) is 2.85. The summed E-state index contributed by atoms with van der Waals surface area (Å²) in [4.78, 5) is 27.7. The number of benzene rings is 3. The van der Waals surface area contributed by atoms with E-state index < -0.39 is 11.3 Å². The number of hydrogen-bond acceptors (Lipinski definition) is 6. The van der Waals surface area contributed by atoms with Gasteiger partial charge in [0.15, 0.2) is 0 Å². The topological polar surface area (TPSA) is 72.9 Å². The lowest BCUT2D eigenvalue weighted by atomic mass is 9.99. The molecule has 3 heterocycles. The molecule has 174 valence electrons. The van der Waals surface area contributed by atoms with Crippen molar-refractivity contribution in [3.63, 3.8) is 0 Å². The summed E-state index contributed by atoms with van der Waals surface area (Å²) in [5, 5.41) is 1.41. The molecule has 6 rings (SSSR count). The Bertz CT molecular complexity index is 1720. The van der Waals surface area contributed by atoms with E-state index in [-0.39, 0.29) is 0 Å². The van der Waals surface area contributed by atoms with Gasteiger partial charge in [0.25, 0.3) is 0 Å². The molecule has 35 heavy (non-hydrogen) atoms. The molecule has 0 amide bonds. The van der Waals surface area contributed by atoms with Crippen molar-refractivity contribution in [2.45, 2.75) is 20.0 Å². The van der Waals surface area contributed by atoms with Gasteiger partial charge in [-0.25, -0.2) is 9.59 Å². The van der Waals surface area contributed by atoms with Gasteiger partial charge in [0, 0.05) is 40.0 Å². The second-order valence-corrected chi connectivity index (χ2v) is 9.69. The summed E-state index contributed by atoms with van der Waals surface area (Å²) in [5.74, 6) is 0.674. The zero-order valence-electron chi connectivity index (χ0n) is 18.8. The third kappa shape index (κ3) is 4.07. The van der Waals surface area contributed by atoms with Gasteiger partial charge in [-0.15, -0.1) is 0 Å². The lowest BCUT2D eigenvalue weighted by molar-refractivity contribution is 0.0890. The minimum atomic E-state index is -0.537. The molecular weight excluding hydrogens is 510 g/mol. The van der Waals surface area contributed by atoms with E-state index in [1.54, 1.807) is 12.1 Å². The molecule has 0 saturated heterocycles. The monoisotopic (exact) mass is 529 g/mol. The third-order valence-electron chi connectivity index (χ3n) is 6.27. The molecule has 1 aliphatic heterocycles. The molecule has 7 heteroatoms. The lowest BCUT2D eigenvalue weighted by Crippen LogP contribution is -2.31. The van der Waals surface area contributed by atoms with Crippen LogP contribution in [-0.2, 0) is 13.1 Å². The number of rotatable bonds is 3. The fraction of sp³-hybridized carbons (Fsp3) is 0.143. The van der Waals surface area contributed by atoms with Gasteiger partial charge in [0.1, 0.15) is 23.6 Å². The molecule has 3 aromatic carbocycles. The lowest BCUT2D eigenvalue weighted by Gasteiger charge is -2.29. The molecule has 0 radical (unpaired) electrons. The Morgan fingerprint density at radius 1 is 0.914 bits per heavy atom. The van der Waals surface area contributed by atoms with E-state index in [9.17, 15) is 9.59 Å². The molecule has 0 fully saturated rings.